The Labute approximate surface area is 126 Å². The van der Waals surface area contributed by atoms with Crippen LogP contribution < -0.4 is 5.32 Å². The van der Waals surface area contributed by atoms with Gasteiger partial charge in [0.15, 0.2) is 0 Å². The second-order valence-corrected chi connectivity index (χ2v) is 5.22. The number of amides is 2. The highest BCUT2D eigenvalue weighted by molar-refractivity contribution is 5.85. The first-order chi connectivity index (χ1) is 9.13. The van der Waals surface area contributed by atoms with Crippen LogP contribution in [0.2, 0.25) is 0 Å². The second kappa shape index (κ2) is 7.81. The van der Waals surface area contributed by atoms with Crippen LogP contribution in [0.1, 0.15) is 19.8 Å². The average Bonchev–Trinajstić information content (AvgIpc) is 2.46. The minimum Gasteiger partial charge on any atom is -0.372 e. The highest BCUT2D eigenvalue weighted by Crippen LogP contribution is 2.18. The van der Waals surface area contributed by atoms with E-state index in [0.717, 1.165) is 32.5 Å². The van der Waals surface area contributed by atoms with Crippen LogP contribution >= 0.6 is 12.4 Å². The van der Waals surface area contributed by atoms with Crippen LogP contribution in [0, 0.1) is 0 Å². The number of piperidine rings is 1. The van der Waals surface area contributed by atoms with Crippen LogP contribution in [0.5, 0.6) is 0 Å². The van der Waals surface area contributed by atoms with Gasteiger partial charge in [-0.3, -0.25) is 9.59 Å². The van der Waals surface area contributed by atoms with Gasteiger partial charge in [-0.15, -0.1) is 12.4 Å². The van der Waals surface area contributed by atoms with E-state index in [1.165, 1.54) is 0 Å². The molecule has 1 N–H and O–H groups in total. The summed E-state index contributed by atoms with van der Waals surface area (Å²) >= 11 is 0. The molecule has 2 amide bonds. The lowest BCUT2D eigenvalue weighted by Gasteiger charge is -2.41. The molecule has 2 aliphatic heterocycles. The summed E-state index contributed by atoms with van der Waals surface area (Å²) in [6, 6.07) is 0.163. The maximum absolute atomic E-state index is 12.1. The van der Waals surface area contributed by atoms with E-state index in [-0.39, 0.29) is 30.3 Å². The lowest BCUT2D eigenvalue weighted by atomic mass is 10.0. The smallest absolute Gasteiger partial charge is 0.251 e. The van der Waals surface area contributed by atoms with Crippen molar-refractivity contribution >= 4 is 24.2 Å². The number of hydrogen-bond donors (Lipinski definition) is 1. The Kier molecular flexibility index (Phi) is 6.71. The van der Waals surface area contributed by atoms with Gasteiger partial charge in [0.1, 0.15) is 6.10 Å². The summed E-state index contributed by atoms with van der Waals surface area (Å²) in [6.45, 7) is 5.17. The van der Waals surface area contributed by atoms with E-state index in [0.29, 0.717) is 13.1 Å². The van der Waals surface area contributed by atoms with Crippen molar-refractivity contribution < 1.29 is 14.3 Å². The van der Waals surface area contributed by atoms with Gasteiger partial charge in [0.05, 0.1) is 6.54 Å². The fraction of sp³-hybridized carbons (Fsp3) is 0.846. The molecule has 2 aliphatic rings. The number of piperazine rings is 1. The highest BCUT2D eigenvalue weighted by atomic mass is 35.5. The number of nitrogens with one attached hydrogen (secondary N) is 1. The van der Waals surface area contributed by atoms with Crippen LogP contribution in [-0.2, 0) is 14.3 Å². The molecule has 0 radical (unpaired) electrons. The molecule has 2 atom stereocenters. The highest BCUT2D eigenvalue weighted by Gasteiger charge is 2.32. The van der Waals surface area contributed by atoms with Gasteiger partial charge in [0.2, 0.25) is 5.91 Å². The van der Waals surface area contributed by atoms with Crippen molar-refractivity contribution in [1.29, 1.82) is 0 Å². The van der Waals surface area contributed by atoms with E-state index in [2.05, 4.69) is 5.32 Å². The Hall–Kier alpha value is -0.850. The predicted molar refractivity (Wildman–Crippen MR) is 77.9 cm³/mol. The van der Waals surface area contributed by atoms with E-state index < -0.39 is 6.10 Å². The molecule has 20 heavy (non-hydrogen) atoms. The molecule has 2 rings (SSSR count). The van der Waals surface area contributed by atoms with Gasteiger partial charge in [0.25, 0.3) is 5.91 Å². The maximum Gasteiger partial charge on any atom is 0.251 e. The van der Waals surface area contributed by atoms with Gasteiger partial charge in [-0.25, -0.2) is 0 Å². The number of rotatable bonds is 3. The van der Waals surface area contributed by atoms with E-state index in [1.807, 2.05) is 9.80 Å². The van der Waals surface area contributed by atoms with E-state index in [9.17, 15) is 9.59 Å². The van der Waals surface area contributed by atoms with Crippen molar-refractivity contribution in [3.05, 3.63) is 0 Å². The Morgan fingerprint density at radius 2 is 2.20 bits per heavy atom. The van der Waals surface area contributed by atoms with Crippen LogP contribution in [0.4, 0.5) is 0 Å². The number of halogens is 1. The zero-order valence-electron chi connectivity index (χ0n) is 12.1. The maximum atomic E-state index is 12.1. The molecule has 7 heteroatoms. The summed E-state index contributed by atoms with van der Waals surface area (Å²) < 4.78 is 5.09. The Morgan fingerprint density at radius 3 is 2.85 bits per heavy atom. The van der Waals surface area contributed by atoms with Crippen LogP contribution in [0.3, 0.4) is 0 Å². The van der Waals surface area contributed by atoms with Gasteiger partial charge in [-0.05, 0) is 19.8 Å². The third-order valence-electron chi connectivity index (χ3n) is 3.98. The minimum atomic E-state index is -0.405. The summed E-state index contributed by atoms with van der Waals surface area (Å²) in [4.78, 5) is 27.8. The first-order valence-electron chi connectivity index (χ1n) is 6.95. The van der Waals surface area contributed by atoms with Crippen LogP contribution in [0.25, 0.3) is 0 Å². The molecule has 2 fully saturated rings. The first kappa shape index (κ1) is 17.2. The van der Waals surface area contributed by atoms with Crippen LogP contribution in [-0.4, -0.2) is 73.6 Å². The number of carbonyl (C=O) groups is 2. The Balaban J connectivity index is 0.00000200. The summed E-state index contributed by atoms with van der Waals surface area (Å²) in [5.41, 5.74) is 0. The van der Waals surface area contributed by atoms with Crippen molar-refractivity contribution in [3.8, 4) is 0 Å². The van der Waals surface area contributed by atoms with E-state index in [1.54, 1.807) is 14.0 Å². The lowest BCUT2D eigenvalue weighted by Crippen LogP contribution is -2.58. The summed E-state index contributed by atoms with van der Waals surface area (Å²) in [7, 11) is 1.55. The topological polar surface area (TPSA) is 61.9 Å². The van der Waals surface area contributed by atoms with Crippen molar-refractivity contribution in [2.24, 2.45) is 0 Å². The molecule has 0 aliphatic carbocycles. The third kappa shape index (κ3) is 3.84. The van der Waals surface area contributed by atoms with Gasteiger partial charge in [-0.2, -0.15) is 0 Å². The molecule has 116 valence electrons. The molecule has 2 unspecified atom stereocenters. The normalized spacial score (nSPS) is 25.1. The largest absolute Gasteiger partial charge is 0.372 e. The molecule has 0 aromatic carbocycles. The van der Waals surface area contributed by atoms with Crippen molar-refractivity contribution in [2.75, 3.05) is 39.8 Å². The second-order valence-electron chi connectivity index (χ2n) is 5.22. The number of carbonyl (C=O) groups excluding carboxylic acids is 2. The molecule has 2 saturated heterocycles. The molecule has 2 heterocycles. The Bertz CT molecular complexity index is 354. The molecular weight excluding hydrogens is 282 g/mol. The summed E-state index contributed by atoms with van der Waals surface area (Å²) in [6.07, 6.45) is 1.53. The standard InChI is InChI=1S/C13H23N3O3.ClH/c1-10(19-2)13(18)15-6-3-4-11(9-15)16-7-5-14-8-12(16)17;/h10-11,14H,3-9H2,1-2H3;1H. The van der Waals surface area contributed by atoms with Gasteiger partial charge in [0, 0.05) is 39.3 Å². The first-order valence-corrected chi connectivity index (χ1v) is 6.95. The Morgan fingerprint density at radius 1 is 1.45 bits per heavy atom. The molecule has 0 aromatic rings. The number of likely N-dealkylation sites (tertiary alicyclic amines) is 1. The van der Waals surface area contributed by atoms with Crippen molar-refractivity contribution in [2.45, 2.75) is 31.9 Å². The fourth-order valence-corrected chi connectivity index (χ4v) is 2.77. The molecular formula is C13H24ClN3O3. The number of methoxy groups -OCH3 is 1. The van der Waals surface area contributed by atoms with E-state index >= 15 is 0 Å². The van der Waals surface area contributed by atoms with Crippen molar-refractivity contribution in [3.63, 3.8) is 0 Å². The third-order valence-corrected chi connectivity index (χ3v) is 3.98. The summed E-state index contributed by atoms with van der Waals surface area (Å²) in [5, 5.41) is 3.07. The average molecular weight is 306 g/mol. The van der Waals surface area contributed by atoms with Crippen LogP contribution in [0.15, 0.2) is 0 Å². The monoisotopic (exact) mass is 305 g/mol. The number of hydrogen-bond acceptors (Lipinski definition) is 4. The van der Waals surface area contributed by atoms with E-state index in [4.69, 9.17) is 4.74 Å². The lowest BCUT2D eigenvalue weighted by molar-refractivity contribution is -0.146. The van der Waals surface area contributed by atoms with Gasteiger partial charge >= 0.3 is 0 Å². The number of nitrogens with zero attached hydrogens (tertiary/aromatic N) is 2. The molecule has 0 bridgehead atoms. The molecule has 0 aromatic heterocycles. The van der Waals surface area contributed by atoms with Gasteiger partial charge in [-0.1, -0.05) is 0 Å². The molecule has 0 saturated carbocycles. The minimum absolute atomic E-state index is 0. The predicted octanol–water partition coefficient (Wildman–Crippen LogP) is -0.134. The fourth-order valence-electron chi connectivity index (χ4n) is 2.77. The quantitative estimate of drug-likeness (QED) is 0.789. The zero-order chi connectivity index (χ0) is 13.8. The SMILES string of the molecule is COC(C)C(=O)N1CCCC(N2CCNCC2=O)C1.Cl. The summed E-state index contributed by atoms with van der Waals surface area (Å²) in [5.74, 6) is 0.167. The molecule has 6 nitrogen and oxygen atoms in total. The zero-order valence-corrected chi connectivity index (χ0v) is 12.9. The number of ether oxygens (including phenoxy) is 1. The van der Waals surface area contributed by atoms with Gasteiger partial charge < -0.3 is 19.9 Å². The van der Waals surface area contributed by atoms with Crippen molar-refractivity contribution in [1.82, 2.24) is 15.1 Å². The molecule has 0 spiro atoms.